The number of aryl methyl sites for hydroxylation is 2. The number of anilines is 2. The SMILES string of the molecule is Cc1cccc(/C=N/Nc2nc3c(c(N4CCOC[C@H]4C)n2)CCC(Cc2ncccc2C)C3)c1.[HH]. The number of nitrogens with one attached hydrogen (secondary N) is 1. The van der Waals surface area contributed by atoms with Gasteiger partial charge < -0.3 is 9.64 Å². The highest BCUT2D eigenvalue weighted by Gasteiger charge is 2.29. The number of fused-ring (bicyclic) bond motifs is 1. The van der Waals surface area contributed by atoms with Crippen molar-refractivity contribution in [3.05, 3.63) is 76.2 Å². The third-order valence-corrected chi connectivity index (χ3v) is 7.02. The normalized spacial score (nSPS) is 20.1. The molecule has 1 aromatic carbocycles. The second-order valence-electron chi connectivity index (χ2n) is 9.78. The van der Waals surface area contributed by atoms with Gasteiger partial charge in [0.2, 0.25) is 5.95 Å². The zero-order valence-electron chi connectivity index (χ0n) is 20.9. The van der Waals surface area contributed by atoms with Gasteiger partial charge in [-0.25, -0.2) is 10.4 Å². The van der Waals surface area contributed by atoms with Crippen molar-refractivity contribution in [1.29, 1.82) is 0 Å². The highest BCUT2D eigenvalue weighted by atomic mass is 16.5. The number of hydrazone groups is 1. The first-order valence-electron chi connectivity index (χ1n) is 12.6. The fourth-order valence-corrected chi connectivity index (χ4v) is 5.09. The lowest BCUT2D eigenvalue weighted by Crippen LogP contribution is -2.45. The molecule has 0 bridgehead atoms. The molecule has 1 aliphatic carbocycles. The average molecular weight is 473 g/mol. The predicted octanol–water partition coefficient (Wildman–Crippen LogP) is 4.75. The highest BCUT2D eigenvalue weighted by molar-refractivity contribution is 5.80. The van der Waals surface area contributed by atoms with Crippen molar-refractivity contribution in [3.8, 4) is 0 Å². The predicted molar refractivity (Wildman–Crippen MR) is 142 cm³/mol. The molecule has 5 rings (SSSR count). The monoisotopic (exact) mass is 472 g/mol. The Morgan fingerprint density at radius 3 is 2.97 bits per heavy atom. The number of hydrogen-bond donors (Lipinski definition) is 1. The highest BCUT2D eigenvalue weighted by Crippen LogP contribution is 2.34. The van der Waals surface area contributed by atoms with Crippen LogP contribution in [0.25, 0.3) is 0 Å². The Labute approximate surface area is 209 Å². The molecule has 1 fully saturated rings. The fourth-order valence-electron chi connectivity index (χ4n) is 5.09. The molecule has 1 saturated heterocycles. The van der Waals surface area contributed by atoms with Crippen LogP contribution in [0.2, 0.25) is 0 Å². The van der Waals surface area contributed by atoms with Crippen molar-refractivity contribution in [2.75, 3.05) is 30.1 Å². The van der Waals surface area contributed by atoms with Crippen molar-refractivity contribution in [2.24, 2.45) is 11.0 Å². The van der Waals surface area contributed by atoms with Gasteiger partial charge in [-0.05, 0) is 69.6 Å². The largest absolute Gasteiger partial charge is 0.377 e. The first-order valence-corrected chi connectivity index (χ1v) is 12.6. The average Bonchev–Trinajstić information content (AvgIpc) is 2.85. The first-order chi connectivity index (χ1) is 17.1. The summed E-state index contributed by atoms with van der Waals surface area (Å²) in [7, 11) is 0. The minimum atomic E-state index is 0. The quantitative estimate of drug-likeness (QED) is 0.412. The van der Waals surface area contributed by atoms with Crippen molar-refractivity contribution in [3.63, 3.8) is 0 Å². The summed E-state index contributed by atoms with van der Waals surface area (Å²) in [6.45, 7) is 8.70. The van der Waals surface area contributed by atoms with Gasteiger partial charge in [0.15, 0.2) is 0 Å². The summed E-state index contributed by atoms with van der Waals surface area (Å²) >= 11 is 0. The van der Waals surface area contributed by atoms with Crippen LogP contribution >= 0.6 is 0 Å². The van der Waals surface area contributed by atoms with Crippen LogP contribution in [0.15, 0.2) is 47.7 Å². The van der Waals surface area contributed by atoms with E-state index in [-0.39, 0.29) is 7.47 Å². The molecule has 0 saturated carbocycles. The van der Waals surface area contributed by atoms with Crippen LogP contribution in [0.3, 0.4) is 0 Å². The van der Waals surface area contributed by atoms with E-state index in [0.29, 0.717) is 18.5 Å². The summed E-state index contributed by atoms with van der Waals surface area (Å²) in [6.07, 6.45) is 7.73. The first kappa shape index (κ1) is 23.4. The molecule has 7 nitrogen and oxygen atoms in total. The second-order valence-corrected chi connectivity index (χ2v) is 9.78. The Balaban J connectivity index is 0.00000304. The van der Waals surface area contributed by atoms with E-state index >= 15 is 0 Å². The number of nitrogens with zero attached hydrogens (tertiary/aromatic N) is 5. The fraction of sp³-hybridized carbons (Fsp3) is 0.429. The van der Waals surface area contributed by atoms with E-state index in [1.54, 1.807) is 0 Å². The molecule has 3 heterocycles. The summed E-state index contributed by atoms with van der Waals surface area (Å²) in [5, 5.41) is 4.45. The summed E-state index contributed by atoms with van der Waals surface area (Å²) < 4.78 is 5.69. The van der Waals surface area contributed by atoms with Crippen LogP contribution in [-0.2, 0) is 24.0 Å². The van der Waals surface area contributed by atoms with Crippen molar-refractivity contribution in [1.82, 2.24) is 15.0 Å². The van der Waals surface area contributed by atoms with Gasteiger partial charge in [0.25, 0.3) is 0 Å². The van der Waals surface area contributed by atoms with Crippen LogP contribution in [0.5, 0.6) is 0 Å². The van der Waals surface area contributed by atoms with Crippen molar-refractivity contribution < 1.29 is 6.16 Å². The van der Waals surface area contributed by atoms with Crippen LogP contribution in [0.1, 0.15) is 48.4 Å². The van der Waals surface area contributed by atoms with Gasteiger partial charge in [-0.2, -0.15) is 10.1 Å². The molecule has 0 spiro atoms. The molecule has 1 N–H and O–H groups in total. The second kappa shape index (κ2) is 10.5. The van der Waals surface area contributed by atoms with E-state index in [0.717, 1.165) is 55.9 Å². The van der Waals surface area contributed by atoms with Gasteiger partial charge in [-0.3, -0.25) is 4.98 Å². The number of hydrogen-bond acceptors (Lipinski definition) is 7. The lowest BCUT2D eigenvalue weighted by Gasteiger charge is -2.37. The molecule has 2 aliphatic rings. The molecule has 1 aliphatic heterocycles. The van der Waals surface area contributed by atoms with Gasteiger partial charge in [0.05, 0.1) is 31.2 Å². The summed E-state index contributed by atoms with van der Waals surface area (Å²) in [4.78, 5) is 16.9. The molecule has 2 atom stereocenters. The lowest BCUT2D eigenvalue weighted by molar-refractivity contribution is 0.0984. The standard InChI is InChI=1S/C28H34N6O.H2/c1-19-6-4-8-23(14-19)17-30-33-28-31-26-16-22(15-25-20(2)7-5-11-29-25)9-10-24(26)27(32-28)34-12-13-35-18-21(34)3;/h4-8,11,14,17,21-22H,9-10,12-13,15-16,18H2,1-3H3,(H,31,32,33);1H/b30-17+;/t21-,22?;/m1./s1. The summed E-state index contributed by atoms with van der Waals surface area (Å²) in [5.41, 5.74) is 10.2. The number of morpholine rings is 1. The number of aromatic nitrogens is 3. The third kappa shape index (κ3) is 5.51. The molecule has 0 amide bonds. The molecule has 0 radical (unpaired) electrons. The molecular formula is C28H36N6O. The molecular weight excluding hydrogens is 436 g/mol. The van der Waals surface area contributed by atoms with Crippen LogP contribution < -0.4 is 10.3 Å². The summed E-state index contributed by atoms with van der Waals surface area (Å²) in [6, 6.07) is 12.7. The van der Waals surface area contributed by atoms with Crippen molar-refractivity contribution in [2.45, 2.75) is 52.5 Å². The van der Waals surface area contributed by atoms with E-state index in [4.69, 9.17) is 14.7 Å². The third-order valence-electron chi connectivity index (χ3n) is 7.02. The van der Waals surface area contributed by atoms with Gasteiger partial charge in [-0.1, -0.05) is 35.9 Å². The van der Waals surface area contributed by atoms with E-state index in [1.807, 2.05) is 30.6 Å². The smallest absolute Gasteiger partial charge is 0.245 e. The minimum absolute atomic E-state index is 0. The molecule has 184 valence electrons. The van der Waals surface area contributed by atoms with E-state index < -0.39 is 0 Å². The van der Waals surface area contributed by atoms with E-state index in [2.05, 4.69) is 59.4 Å². The zero-order chi connectivity index (χ0) is 24.2. The van der Waals surface area contributed by atoms with Crippen LogP contribution in [-0.4, -0.2) is 47.0 Å². The zero-order valence-corrected chi connectivity index (χ0v) is 20.9. The Morgan fingerprint density at radius 1 is 1.23 bits per heavy atom. The molecule has 1 unspecified atom stereocenters. The topological polar surface area (TPSA) is 75.5 Å². The van der Waals surface area contributed by atoms with Gasteiger partial charge in [0, 0.05) is 25.4 Å². The van der Waals surface area contributed by atoms with Gasteiger partial charge >= 0.3 is 0 Å². The Kier molecular flexibility index (Phi) is 7.04. The number of ether oxygens (including phenoxy) is 1. The van der Waals surface area contributed by atoms with E-state index in [1.165, 1.54) is 22.4 Å². The maximum Gasteiger partial charge on any atom is 0.245 e. The molecule has 2 aromatic heterocycles. The minimum Gasteiger partial charge on any atom is -0.377 e. The van der Waals surface area contributed by atoms with Crippen molar-refractivity contribution >= 4 is 18.0 Å². The molecule has 7 heteroatoms. The number of rotatable bonds is 6. The number of benzene rings is 1. The Hall–Kier alpha value is -3.32. The lowest BCUT2D eigenvalue weighted by atomic mass is 9.83. The maximum atomic E-state index is 5.69. The maximum absolute atomic E-state index is 5.69. The summed E-state index contributed by atoms with van der Waals surface area (Å²) in [5.74, 6) is 2.10. The van der Waals surface area contributed by atoms with Crippen LogP contribution in [0, 0.1) is 19.8 Å². The Morgan fingerprint density at radius 2 is 2.14 bits per heavy atom. The number of pyridine rings is 1. The van der Waals surface area contributed by atoms with Gasteiger partial charge in [0.1, 0.15) is 5.82 Å². The van der Waals surface area contributed by atoms with Crippen LogP contribution in [0.4, 0.5) is 11.8 Å². The molecule has 35 heavy (non-hydrogen) atoms. The van der Waals surface area contributed by atoms with Gasteiger partial charge in [-0.15, -0.1) is 0 Å². The Bertz CT molecular complexity index is 1220. The molecule has 3 aromatic rings. The van der Waals surface area contributed by atoms with E-state index in [9.17, 15) is 0 Å².